The van der Waals surface area contributed by atoms with E-state index in [1.807, 2.05) is 12.1 Å². The number of rotatable bonds is 2. The molecule has 2 rings (SSSR count). The van der Waals surface area contributed by atoms with E-state index in [1.54, 1.807) is 0 Å². The van der Waals surface area contributed by atoms with Crippen molar-refractivity contribution in [1.82, 2.24) is 4.90 Å². The molecule has 1 fully saturated rings. The smallest absolute Gasteiger partial charge is 0.0406 e. The number of halogens is 1. The second-order valence-electron chi connectivity index (χ2n) is 4.25. The molecule has 0 bridgehead atoms. The van der Waals surface area contributed by atoms with E-state index in [-0.39, 0.29) is 0 Å². The summed E-state index contributed by atoms with van der Waals surface area (Å²) in [6, 6.07) is 8.24. The second kappa shape index (κ2) is 4.33. The first-order chi connectivity index (χ1) is 6.74. The van der Waals surface area contributed by atoms with E-state index in [4.69, 9.17) is 11.6 Å². The number of nitrogens with zero attached hydrogens (tertiary/aromatic N) is 1. The van der Waals surface area contributed by atoms with Crippen LogP contribution in [0.5, 0.6) is 0 Å². The summed E-state index contributed by atoms with van der Waals surface area (Å²) in [4.78, 5) is 2.40. The molecule has 0 spiro atoms. The third kappa shape index (κ3) is 2.49. The third-order valence-electron chi connectivity index (χ3n) is 2.93. The van der Waals surface area contributed by atoms with Crippen LogP contribution in [0.1, 0.15) is 12.0 Å². The predicted octanol–water partition coefficient (Wildman–Crippen LogP) is 2.83. The van der Waals surface area contributed by atoms with Crippen LogP contribution in [0, 0.1) is 5.92 Å². The minimum Gasteiger partial charge on any atom is -0.306 e. The highest BCUT2D eigenvalue weighted by Crippen LogP contribution is 2.20. The molecule has 1 aliphatic heterocycles. The molecule has 0 aromatic heterocycles. The number of hydrogen-bond acceptors (Lipinski definition) is 1. The van der Waals surface area contributed by atoms with Gasteiger partial charge in [-0.1, -0.05) is 23.7 Å². The molecule has 0 amide bonds. The molecule has 2 heteroatoms. The lowest BCUT2D eigenvalue weighted by atomic mass is 9.99. The van der Waals surface area contributed by atoms with Gasteiger partial charge in [-0.05, 0) is 50.0 Å². The molecule has 0 aliphatic carbocycles. The Balaban J connectivity index is 1.94. The van der Waals surface area contributed by atoms with Crippen molar-refractivity contribution in [3.63, 3.8) is 0 Å². The van der Waals surface area contributed by atoms with Gasteiger partial charge in [-0.15, -0.1) is 0 Å². The van der Waals surface area contributed by atoms with Gasteiger partial charge in [0.1, 0.15) is 0 Å². The number of hydrogen-bond donors (Lipinski definition) is 0. The van der Waals surface area contributed by atoms with Gasteiger partial charge in [0.15, 0.2) is 0 Å². The summed E-state index contributed by atoms with van der Waals surface area (Å²) >= 11 is 5.84. The summed E-state index contributed by atoms with van der Waals surface area (Å²) in [5.74, 6) is 0.834. The zero-order chi connectivity index (χ0) is 9.97. The van der Waals surface area contributed by atoms with Crippen LogP contribution in [0.3, 0.4) is 0 Å². The molecule has 1 unspecified atom stereocenters. The zero-order valence-corrected chi connectivity index (χ0v) is 9.30. The Morgan fingerprint density at radius 2 is 2.07 bits per heavy atom. The third-order valence-corrected chi connectivity index (χ3v) is 3.18. The van der Waals surface area contributed by atoms with Crippen LogP contribution in [0.2, 0.25) is 5.02 Å². The maximum absolute atomic E-state index is 5.84. The van der Waals surface area contributed by atoms with Crippen molar-refractivity contribution in [1.29, 1.82) is 0 Å². The molecule has 76 valence electrons. The molecule has 0 N–H and O–H groups in total. The van der Waals surface area contributed by atoms with Crippen LogP contribution < -0.4 is 0 Å². The van der Waals surface area contributed by atoms with Crippen LogP contribution in [0.15, 0.2) is 24.3 Å². The van der Waals surface area contributed by atoms with E-state index >= 15 is 0 Å². The number of likely N-dealkylation sites (tertiary alicyclic amines) is 1. The lowest BCUT2D eigenvalue weighted by molar-refractivity contribution is 0.394. The summed E-state index contributed by atoms with van der Waals surface area (Å²) in [6.07, 6.45) is 2.53. The van der Waals surface area contributed by atoms with Crippen LogP contribution in [0.25, 0.3) is 0 Å². The quantitative estimate of drug-likeness (QED) is 0.724. The SMILES string of the molecule is CN1CCC(Cc2ccc(Cl)cc2)C1. The average Bonchev–Trinajstić information content (AvgIpc) is 2.56. The molecule has 0 saturated carbocycles. The van der Waals surface area contributed by atoms with Crippen LogP contribution in [-0.4, -0.2) is 25.0 Å². The highest BCUT2D eigenvalue weighted by molar-refractivity contribution is 6.30. The van der Waals surface area contributed by atoms with E-state index in [2.05, 4.69) is 24.1 Å². The van der Waals surface area contributed by atoms with Crippen molar-refractivity contribution >= 4 is 11.6 Å². The standard InChI is InChI=1S/C12H16ClN/c1-14-7-6-11(9-14)8-10-2-4-12(13)5-3-10/h2-5,11H,6-9H2,1H3. The van der Waals surface area contributed by atoms with Crippen molar-refractivity contribution in [3.8, 4) is 0 Å². The number of benzene rings is 1. The fraction of sp³-hybridized carbons (Fsp3) is 0.500. The maximum Gasteiger partial charge on any atom is 0.0406 e. The minimum atomic E-state index is 0.831. The Bertz CT molecular complexity index is 294. The molecule has 1 saturated heterocycles. The first kappa shape index (κ1) is 10.0. The molecule has 1 aliphatic rings. The molecular weight excluding hydrogens is 194 g/mol. The molecule has 1 atom stereocenters. The van der Waals surface area contributed by atoms with E-state index in [0.717, 1.165) is 10.9 Å². The van der Waals surface area contributed by atoms with E-state index < -0.39 is 0 Å². The van der Waals surface area contributed by atoms with Gasteiger partial charge < -0.3 is 4.90 Å². The molecule has 1 nitrogen and oxygen atoms in total. The fourth-order valence-electron chi connectivity index (χ4n) is 2.15. The van der Waals surface area contributed by atoms with E-state index in [0.29, 0.717) is 0 Å². The van der Waals surface area contributed by atoms with Crippen molar-refractivity contribution in [2.45, 2.75) is 12.8 Å². The molecule has 1 heterocycles. The van der Waals surface area contributed by atoms with Crippen molar-refractivity contribution < 1.29 is 0 Å². The predicted molar refractivity (Wildman–Crippen MR) is 60.8 cm³/mol. The first-order valence-corrected chi connectivity index (χ1v) is 5.55. The van der Waals surface area contributed by atoms with Gasteiger partial charge in [-0.2, -0.15) is 0 Å². The Labute approximate surface area is 90.7 Å². The van der Waals surface area contributed by atoms with Crippen molar-refractivity contribution in [3.05, 3.63) is 34.9 Å². The molecule has 1 aromatic carbocycles. The van der Waals surface area contributed by atoms with Gasteiger partial charge >= 0.3 is 0 Å². The van der Waals surface area contributed by atoms with Crippen LogP contribution in [0.4, 0.5) is 0 Å². The first-order valence-electron chi connectivity index (χ1n) is 5.17. The van der Waals surface area contributed by atoms with Gasteiger partial charge in [0.2, 0.25) is 0 Å². The minimum absolute atomic E-state index is 0.831. The van der Waals surface area contributed by atoms with E-state index in [9.17, 15) is 0 Å². The van der Waals surface area contributed by atoms with Gasteiger partial charge in [0.25, 0.3) is 0 Å². The summed E-state index contributed by atoms with van der Waals surface area (Å²) < 4.78 is 0. The maximum atomic E-state index is 5.84. The van der Waals surface area contributed by atoms with E-state index in [1.165, 1.54) is 31.5 Å². The van der Waals surface area contributed by atoms with Gasteiger partial charge in [-0.3, -0.25) is 0 Å². The molecule has 1 aromatic rings. The van der Waals surface area contributed by atoms with Crippen molar-refractivity contribution in [2.24, 2.45) is 5.92 Å². The Morgan fingerprint density at radius 1 is 1.36 bits per heavy atom. The summed E-state index contributed by atoms with van der Waals surface area (Å²) in [5.41, 5.74) is 1.41. The monoisotopic (exact) mass is 209 g/mol. The molecule has 14 heavy (non-hydrogen) atoms. The zero-order valence-electron chi connectivity index (χ0n) is 8.54. The molecular formula is C12H16ClN. The highest BCUT2D eigenvalue weighted by atomic mass is 35.5. The summed E-state index contributed by atoms with van der Waals surface area (Å²) in [6.45, 7) is 2.49. The Kier molecular flexibility index (Phi) is 3.09. The van der Waals surface area contributed by atoms with Gasteiger partial charge in [0, 0.05) is 11.6 Å². The fourth-order valence-corrected chi connectivity index (χ4v) is 2.27. The van der Waals surface area contributed by atoms with Gasteiger partial charge in [-0.25, -0.2) is 0 Å². The average molecular weight is 210 g/mol. The van der Waals surface area contributed by atoms with Crippen LogP contribution >= 0.6 is 11.6 Å². The molecule has 0 radical (unpaired) electrons. The summed E-state index contributed by atoms with van der Waals surface area (Å²) in [7, 11) is 2.20. The summed E-state index contributed by atoms with van der Waals surface area (Å²) in [5, 5.41) is 0.831. The Morgan fingerprint density at radius 3 is 2.64 bits per heavy atom. The highest BCUT2D eigenvalue weighted by Gasteiger charge is 2.19. The Hall–Kier alpha value is -0.530. The lowest BCUT2D eigenvalue weighted by Gasteiger charge is -2.10. The lowest BCUT2D eigenvalue weighted by Crippen LogP contribution is -2.14. The largest absolute Gasteiger partial charge is 0.306 e. The topological polar surface area (TPSA) is 3.24 Å². The van der Waals surface area contributed by atoms with Crippen LogP contribution in [-0.2, 0) is 6.42 Å². The normalized spacial score (nSPS) is 22.9. The second-order valence-corrected chi connectivity index (χ2v) is 4.68. The van der Waals surface area contributed by atoms with Crippen molar-refractivity contribution in [2.75, 3.05) is 20.1 Å². The van der Waals surface area contributed by atoms with Gasteiger partial charge in [0.05, 0.1) is 0 Å².